The van der Waals surface area contributed by atoms with Gasteiger partial charge in [0.05, 0.1) is 0 Å². The third-order valence-corrected chi connectivity index (χ3v) is 5.71. The molecule has 0 aliphatic carbocycles. The first-order valence-electron chi connectivity index (χ1n) is 5.83. The number of para-hydroxylation sites is 1. The zero-order valence-electron chi connectivity index (χ0n) is 11.3. The standard InChI is InChI=1S/C13H24N2Si/c1-13(2,3)15-16(5,6)12-10-8-7-9-11(12)14-4/h7-10,14-15H,1-6H3. The second kappa shape index (κ2) is 4.59. The third kappa shape index (κ3) is 3.35. The number of anilines is 1. The first-order chi connectivity index (χ1) is 7.26. The van der Waals surface area contributed by atoms with E-state index >= 15 is 0 Å². The van der Waals surface area contributed by atoms with Gasteiger partial charge in [-0.2, -0.15) is 0 Å². The van der Waals surface area contributed by atoms with Crippen molar-refractivity contribution in [2.45, 2.75) is 39.4 Å². The summed E-state index contributed by atoms with van der Waals surface area (Å²) in [4.78, 5) is 3.79. The smallest absolute Gasteiger partial charge is 0.154 e. The summed E-state index contributed by atoms with van der Waals surface area (Å²) in [6.07, 6.45) is 0. The van der Waals surface area contributed by atoms with Gasteiger partial charge in [-0.1, -0.05) is 31.3 Å². The quantitative estimate of drug-likeness (QED) is 0.788. The molecule has 0 fully saturated rings. The predicted octanol–water partition coefficient (Wildman–Crippen LogP) is 2.53. The van der Waals surface area contributed by atoms with E-state index in [1.54, 1.807) is 0 Å². The molecule has 2 N–H and O–H groups in total. The molecule has 1 aromatic rings. The Labute approximate surface area is 101 Å². The summed E-state index contributed by atoms with van der Waals surface area (Å²) in [5.74, 6) is 0. The average molecular weight is 236 g/mol. The minimum Gasteiger partial charge on any atom is -0.388 e. The monoisotopic (exact) mass is 236 g/mol. The average Bonchev–Trinajstić information content (AvgIpc) is 2.14. The lowest BCUT2D eigenvalue weighted by molar-refractivity contribution is 0.515. The molecule has 0 bridgehead atoms. The summed E-state index contributed by atoms with van der Waals surface area (Å²) in [6, 6.07) is 8.58. The van der Waals surface area contributed by atoms with Crippen LogP contribution < -0.4 is 15.5 Å². The number of rotatable bonds is 3. The van der Waals surface area contributed by atoms with Crippen LogP contribution in [-0.4, -0.2) is 20.8 Å². The number of hydrogen-bond donors (Lipinski definition) is 2. The molecule has 90 valence electrons. The maximum atomic E-state index is 3.79. The lowest BCUT2D eigenvalue weighted by Crippen LogP contribution is -2.62. The molecule has 0 spiro atoms. The van der Waals surface area contributed by atoms with Crippen LogP contribution in [0.25, 0.3) is 0 Å². The molecule has 3 heteroatoms. The van der Waals surface area contributed by atoms with Crippen molar-refractivity contribution >= 4 is 19.1 Å². The first kappa shape index (κ1) is 13.3. The normalized spacial score (nSPS) is 12.6. The highest BCUT2D eigenvalue weighted by atomic mass is 28.3. The Hall–Kier alpha value is -0.803. The van der Waals surface area contributed by atoms with Gasteiger partial charge in [0.15, 0.2) is 8.24 Å². The molecule has 0 saturated heterocycles. The fraction of sp³-hybridized carbons (Fsp3) is 0.538. The lowest BCUT2D eigenvalue weighted by atomic mass is 10.1. The second-order valence-electron chi connectivity index (χ2n) is 5.80. The molecule has 0 amide bonds. The van der Waals surface area contributed by atoms with Crippen LogP contribution in [0.2, 0.25) is 13.1 Å². The molecule has 0 aliphatic heterocycles. The Kier molecular flexibility index (Phi) is 3.81. The van der Waals surface area contributed by atoms with Gasteiger partial charge < -0.3 is 10.3 Å². The Balaban J connectivity index is 3.06. The van der Waals surface area contributed by atoms with Crippen molar-refractivity contribution in [3.63, 3.8) is 0 Å². The number of benzene rings is 1. The fourth-order valence-electron chi connectivity index (χ4n) is 2.25. The summed E-state index contributed by atoms with van der Waals surface area (Å²) in [7, 11) is 0.394. The Morgan fingerprint density at radius 3 is 2.12 bits per heavy atom. The van der Waals surface area contributed by atoms with Gasteiger partial charge in [-0.25, -0.2) is 0 Å². The van der Waals surface area contributed by atoms with Crippen molar-refractivity contribution in [3.05, 3.63) is 24.3 Å². The third-order valence-electron chi connectivity index (χ3n) is 2.56. The zero-order chi connectivity index (χ0) is 12.4. The molecule has 0 aromatic heterocycles. The van der Waals surface area contributed by atoms with Crippen LogP contribution in [0.4, 0.5) is 5.69 Å². The van der Waals surface area contributed by atoms with Crippen LogP contribution in [0.3, 0.4) is 0 Å². The maximum Gasteiger partial charge on any atom is 0.154 e. The van der Waals surface area contributed by atoms with Gasteiger partial charge in [0.1, 0.15) is 0 Å². The molecule has 0 unspecified atom stereocenters. The van der Waals surface area contributed by atoms with Gasteiger partial charge in [0, 0.05) is 18.3 Å². The first-order valence-corrected chi connectivity index (χ1v) is 8.83. The summed E-state index contributed by atoms with van der Waals surface area (Å²) in [5, 5.41) is 4.72. The van der Waals surface area contributed by atoms with E-state index in [2.05, 4.69) is 68.4 Å². The van der Waals surface area contributed by atoms with E-state index in [9.17, 15) is 0 Å². The van der Waals surface area contributed by atoms with Gasteiger partial charge in [0.2, 0.25) is 0 Å². The molecule has 16 heavy (non-hydrogen) atoms. The van der Waals surface area contributed by atoms with Gasteiger partial charge in [0.25, 0.3) is 0 Å². The van der Waals surface area contributed by atoms with E-state index in [1.807, 2.05) is 7.05 Å². The van der Waals surface area contributed by atoms with Crippen molar-refractivity contribution < 1.29 is 0 Å². The lowest BCUT2D eigenvalue weighted by Gasteiger charge is -2.34. The molecule has 0 heterocycles. The molecule has 0 saturated carbocycles. The van der Waals surface area contributed by atoms with E-state index in [-0.39, 0.29) is 5.54 Å². The van der Waals surface area contributed by atoms with E-state index in [0.29, 0.717) is 0 Å². The van der Waals surface area contributed by atoms with Crippen molar-refractivity contribution in [1.82, 2.24) is 4.98 Å². The van der Waals surface area contributed by atoms with Crippen LogP contribution in [0, 0.1) is 0 Å². The van der Waals surface area contributed by atoms with Crippen LogP contribution >= 0.6 is 0 Å². The topological polar surface area (TPSA) is 24.1 Å². The molecule has 2 nitrogen and oxygen atoms in total. The molecule has 0 atom stereocenters. The highest BCUT2D eigenvalue weighted by molar-refractivity contribution is 6.88. The Morgan fingerprint density at radius 1 is 1.06 bits per heavy atom. The summed E-state index contributed by atoms with van der Waals surface area (Å²) < 4.78 is 0. The van der Waals surface area contributed by atoms with Crippen LogP contribution in [0.5, 0.6) is 0 Å². The van der Waals surface area contributed by atoms with Crippen molar-refractivity contribution in [3.8, 4) is 0 Å². The highest BCUT2D eigenvalue weighted by Crippen LogP contribution is 2.13. The summed E-state index contributed by atoms with van der Waals surface area (Å²) in [6.45, 7) is 11.4. The number of hydrogen-bond acceptors (Lipinski definition) is 2. The van der Waals surface area contributed by atoms with E-state index in [4.69, 9.17) is 0 Å². The highest BCUT2D eigenvalue weighted by Gasteiger charge is 2.30. The maximum absolute atomic E-state index is 3.79. The van der Waals surface area contributed by atoms with Crippen molar-refractivity contribution in [2.24, 2.45) is 0 Å². The van der Waals surface area contributed by atoms with Crippen molar-refractivity contribution in [1.29, 1.82) is 0 Å². The number of nitrogens with one attached hydrogen (secondary N) is 2. The Bertz CT molecular complexity index is 353. The van der Waals surface area contributed by atoms with Crippen LogP contribution in [0.1, 0.15) is 20.8 Å². The Morgan fingerprint density at radius 2 is 1.62 bits per heavy atom. The predicted molar refractivity (Wildman–Crippen MR) is 76.0 cm³/mol. The molecule has 0 aliphatic rings. The minimum absolute atomic E-state index is 0.163. The molecule has 1 rings (SSSR count). The largest absolute Gasteiger partial charge is 0.388 e. The second-order valence-corrected chi connectivity index (χ2v) is 9.83. The van der Waals surface area contributed by atoms with Gasteiger partial charge in [-0.05, 0) is 32.0 Å². The summed E-state index contributed by atoms with van der Waals surface area (Å²) >= 11 is 0. The molecule has 0 radical (unpaired) electrons. The fourth-order valence-corrected chi connectivity index (χ4v) is 5.66. The van der Waals surface area contributed by atoms with Crippen LogP contribution in [-0.2, 0) is 0 Å². The van der Waals surface area contributed by atoms with Gasteiger partial charge in [-0.3, -0.25) is 0 Å². The molecule has 1 aromatic carbocycles. The van der Waals surface area contributed by atoms with E-state index in [1.165, 1.54) is 10.9 Å². The minimum atomic E-state index is -1.59. The SMILES string of the molecule is CNc1ccccc1[Si](C)(C)NC(C)(C)C. The van der Waals surface area contributed by atoms with Crippen molar-refractivity contribution in [2.75, 3.05) is 12.4 Å². The van der Waals surface area contributed by atoms with Gasteiger partial charge in [-0.15, -0.1) is 0 Å². The zero-order valence-corrected chi connectivity index (χ0v) is 12.3. The molecular weight excluding hydrogens is 212 g/mol. The van der Waals surface area contributed by atoms with E-state index < -0.39 is 8.24 Å². The molecular formula is C13H24N2Si. The van der Waals surface area contributed by atoms with Gasteiger partial charge >= 0.3 is 0 Å². The van der Waals surface area contributed by atoms with Crippen LogP contribution in [0.15, 0.2) is 24.3 Å². The van der Waals surface area contributed by atoms with E-state index in [0.717, 1.165) is 0 Å². The summed E-state index contributed by atoms with van der Waals surface area (Å²) in [5.41, 5.74) is 1.41.